The van der Waals surface area contributed by atoms with E-state index in [-0.39, 0.29) is 5.91 Å². The highest BCUT2D eigenvalue weighted by Gasteiger charge is 2.17. The number of nitrogens with one attached hydrogen (secondary N) is 1. The van der Waals surface area contributed by atoms with Crippen LogP contribution in [-0.2, 0) is 0 Å². The molecule has 122 valence electrons. The Bertz CT molecular complexity index is 921. The number of carbonyl (C=O) groups is 1. The number of hydrogen-bond acceptors (Lipinski definition) is 2. The van der Waals surface area contributed by atoms with E-state index in [0.29, 0.717) is 27.1 Å². The van der Waals surface area contributed by atoms with E-state index in [2.05, 4.69) is 27.9 Å². The van der Waals surface area contributed by atoms with Crippen molar-refractivity contribution in [3.8, 4) is 11.3 Å². The lowest BCUT2D eigenvalue weighted by Crippen LogP contribution is -2.12. The van der Waals surface area contributed by atoms with Crippen molar-refractivity contribution in [2.45, 2.75) is 6.92 Å². The maximum absolute atomic E-state index is 12.5. The number of benzene rings is 2. The molecule has 3 rings (SSSR count). The Morgan fingerprint density at radius 2 is 1.83 bits per heavy atom. The number of anilines is 1. The van der Waals surface area contributed by atoms with Gasteiger partial charge in [-0.25, -0.2) is 0 Å². The first-order chi connectivity index (χ1) is 11.5. The van der Waals surface area contributed by atoms with Crippen molar-refractivity contribution in [1.82, 2.24) is 0 Å². The van der Waals surface area contributed by atoms with E-state index >= 15 is 0 Å². The number of carbonyl (C=O) groups excluding carboxylic acids is 1. The molecule has 0 aliphatic rings. The van der Waals surface area contributed by atoms with Crippen LogP contribution in [0.3, 0.4) is 0 Å². The summed E-state index contributed by atoms with van der Waals surface area (Å²) in [6.07, 6.45) is 0. The average Bonchev–Trinajstić information content (AvgIpc) is 2.94. The normalized spacial score (nSPS) is 10.7. The van der Waals surface area contributed by atoms with E-state index in [1.807, 2.05) is 24.3 Å². The molecular formula is C18H12Cl2INO2. The van der Waals surface area contributed by atoms with E-state index in [4.69, 9.17) is 27.6 Å². The molecule has 1 amide bonds. The van der Waals surface area contributed by atoms with Gasteiger partial charge in [-0.3, -0.25) is 4.79 Å². The third-order valence-corrected chi connectivity index (χ3v) is 5.17. The Kier molecular flexibility index (Phi) is 5.18. The van der Waals surface area contributed by atoms with Crippen LogP contribution in [0.1, 0.15) is 16.1 Å². The molecule has 3 aromatic rings. The van der Waals surface area contributed by atoms with Gasteiger partial charge in [-0.1, -0.05) is 35.3 Å². The van der Waals surface area contributed by atoms with Gasteiger partial charge in [0.25, 0.3) is 5.91 Å². The van der Waals surface area contributed by atoms with E-state index in [1.54, 1.807) is 31.2 Å². The fraction of sp³-hybridized carbons (Fsp3) is 0.0556. The van der Waals surface area contributed by atoms with Crippen LogP contribution in [0.4, 0.5) is 5.69 Å². The summed E-state index contributed by atoms with van der Waals surface area (Å²) in [4.78, 5) is 12.5. The molecule has 1 aromatic heterocycles. The summed E-state index contributed by atoms with van der Waals surface area (Å²) in [6, 6.07) is 14.5. The first kappa shape index (κ1) is 17.3. The fourth-order valence-corrected chi connectivity index (χ4v) is 3.07. The van der Waals surface area contributed by atoms with Crippen LogP contribution in [-0.4, -0.2) is 5.91 Å². The van der Waals surface area contributed by atoms with Crippen LogP contribution in [0.5, 0.6) is 0 Å². The SMILES string of the molecule is Cc1oc(-c2ccc(Cl)c(Cl)c2)cc1C(=O)Nc1ccccc1I. The van der Waals surface area contributed by atoms with Gasteiger partial charge >= 0.3 is 0 Å². The molecule has 24 heavy (non-hydrogen) atoms. The summed E-state index contributed by atoms with van der Waals surface area (Å²) in [6.45, 7) is 1.76. The lowest BCUT2D eigenvalue weighted by atomic mass is 10.1. The minimum Gasteiger partial charge on any atom is -0.461 e. The monoisotopic (exact) mass is 471 g/mol. The first-order valence-electron chi connectivity index (χ1n) is 7.07. The molecule has 0 fully saturated rings. The van der Waals surface area contributed by atoms with Crippen molar-refractivity contribution < 1.29 is 9.21 Å². The quantitative estimate of drug-likeness (QED) is 0.448. The molecule has 0 saturated heterocycles. The molecule has 0 unspecified atom stereocenters. The van der Waals surface area contributed by atoms with Gasteiger partial charge in [0.05, 0.1) is 21.3 Å². The molecule has 0 saturated carbocycles. The summed E-state index contributed by atoms with van der Waals surface area (Å²) in [5.74, 6) is 0.894. The third-order valence-electron chi connectivity index (χ3n) is 3.49. The van der Waals surface area contributed by atoms with Crippen molar-refractivity contribution in [2.75, 3.05) is 5.32 Å². The number of halogens is 3. The maximum atomic E-state index is 12.5. The van der Waals surface area contributed by atoms with Crippen LogP contribution >= 0.6 is 45.8 Å². The summed E-state index contributed by atoms with van der Waals surface area (Å²) in [5.41, 5.74) is 2.01. The zero-order valence-corrected chi connectivity index (χ0v) is 16.2. The highest BCUT2D eigenvalue weighted by atomic mass is 127. The molecule has 0 atom stereocenters. The molecule has 0 aliphatic carbocycles. The Balaban J connectivity index is 1.90. The molecule has 0 radical (unpaired) electrons. The molecule has 1 N–H and O–H groups in total. The average molecular weight is 472 g/mol. The lowest BCUT2D eigenvalue weighted by Gasteiger charge is -2.05. The van der Waals surface area contributed by atoms with Gasteiger partial charge in [0, 0.05) is 9.13 Å². The molecule has 0 spiro atoms. The number of amides is 1. The topological polar surface area (TPSA) is 42.2 Å². The van der Waals surface area contributed by atoms with Gasteiger partial charge in [-0.05, 0) is 65.9 Å². The van der Waals surface area contributed by atoms with E-state index in [1.165, 1.54) is 0 Å². The Morgan fingerprint density at radius 3 is 2.54 bits per heavy atom. The van der Waals surface area contributed by atoms with Crippen molar-refractivity contribution in [3.05, 3.63) is 73.5 Å². The predicted molar refractivity (Wildman–Crippen MR) is 106 cm³/mol. The second kappa shape index (κ2) is 7.17. The summed E-state index contributed by atoms with van der Waals surface area (Å²) < 4.78 is 6.69. The smallest absolute Gasteiger partial charge is 0.259 e. The van der Waals surface area contributed by atoms with Crippen LogP contribution in [0.25, 0.3) is 11.3 Å². The second-order valence-electron chi connectivity index (χ2n) is 5.14. The van der Waals surface area contributed by atoms with Gasteiger partial charge in [0.2, 0.25) is 0 Å². The van der Waals surface area contributed by atoms with Crippen molar-refractivity contribution in [2.24, 2.45) is 0 Å². The molecule has 2 aromatic carbocycles. The zero-order chi connectivity index (χ0) is 17.3. The standard InChI is InChI=1S/C18H12Cl2INO2/c1-10-12(18(23)22-16-5-3-2-4-15(16)21)9-17(24-10)11-6-7-13(19)14(20)8-11/h2-9H,1H3,(H,22,23). The zero-order valence-electron chi connectivity index (χ0n) is 12.6. The highest BCUT2D eigenvalue weighted by Crippen LogP contribution is 2.31. The Hall–Kier alpha value is -1.50. The van der Waals surface area contributed by atoms with Gasteiger partial charge in [-0.15, -0.1) is 0 Å². The van der Waals surface area contributed by atoms with Crippen molar-refractivity contribution in [3.63, 3.8) is 0 Å². The molecular weight excluding hydrogens is 460 g/mol. The Morgan fingerprint density at radius 1 is 1.08 bits per heavy atom. The second-order valence-corrected chi connectivity index (χ2v) is 7.12. The molecule has 6 heteroatoms. The number of hydrogen-bond donors (Lipinski definition) is 1. The number of aryl methyl sites for hydroxylation is 1. The van der Waals surface area contributed by atoms with Crippen LogP contribution in [0, 0.1) is 10.5 Å². The largest absolute Gasteiger partial charge is 0.461 e. The molecule has 0 bridgehead atoms. The van der Waals surface area contributed by atoms with Crippen molar-refractivity contribution >= 4 is 57.4 Å². The molecule has 3 nitrogen and oxygen atoms in total. The lowest BCUT2D eigenvalue weighted by molar-refractivity contribution is 0.102. The minimum absolute atomic E-state index is 0.216. The van der Waals surface area contributed by atoms with Gasteiger partial charge in [0.15, 0.2) is 0 Å². The van der Waals surface area contributed by atoms with Gasteiger partial charge in [0.1, 0.15) is 11.5 Å². The molecule has 1 heterocycles. The van der Waals surface area contributed by atoms with Gasteiger partial charge in [-0.2, -0.15) is 0 Å². The van der Waals surface area contributed by atoms with Crippen molar-refractivity contribution in [1.29, 1.82) is 0 Å². The van der Waals surface area contributed by atoms with Crippen LogP contribution < -0.4 is 5.32 Å². The van der Waals surface area contributed by atoms with Crippen LogP contribution in [0.2, 0.25) is 10.0 Å². The number of rotatable bonds is 3. The fourth-order valence-electron chi connectivity index (χ4n) is 2.25. The van der Waals surface area contributed by atoms with E-state index < -0.39 is 0 Å². The van der Waals surface area contributed by atoms with Gasteiger partial charge < -0.3 is 9.73 Å². The first-order valence-corrected chi connectivity index (χ1v) is 8.91. The number of para-hydroxylation sites is 1. The van der Waals surface area contributed by atoms with E-state index in [9.17, 15) is 4.79 Å². The minimum atomic E-state index is -0.216. The van der Waals surface area contributed by atoms with Crippen LogP contribution in [0.15, 0.2) is 52.9 Å². The summed E-state index contributed by atoms with van der Waals surface area (Å²) in [5, 5.41) is 3.81. The summed E-state index contributed by atoms with van der Waals surface area (Å²) >= 11 is 14.2. The molecule has 0 aliphatic heterocycles. The number of furan rings is 1. The maximum Gasteiger partial charge on any atom is 0.259 e. The van der Waals surface area contributed by atoms with E-state index in [0.717, 1.165) is 14.8 Å². The predicted octanol–water partition coefficient (Wildman–Crippen LogP) is 6.42. The highest BCUT2D eigenvalue weighted by molar-refractivity contribution is 14.1. The summed E-state index contributed by atoms with van der Waals surface area (Å²) in [7, 11) is 0. The Labute approximate surface area is 163 Å². The third kappa shape index (κ3) is 3.61.